The minimum atomic E-state index is -0.870. The molecule has 1 aromatic heterocycles. The van der Waals surface area contributed by atoms with Gasteiger partial charge >= 0.3 is 6.09 Å². The Morgan fingerprint density at radius 2 is 2.27 bits per heavy atom. The highest BCUT2D eigenvalue weighted by Gasteiger charge is 2.09. The molecular formula is C8H9BrN2O4. The standard InChI is InChI=1S/C8H9BrN2O4/c9-6-2-1-5(15-6)7(12)11-3-4-14-8(10)13/h1-2H,3-4H2,(H2,10,13)(H,11,12). The van der Waals surface area contributed by atoms with Gasteiger partial charge in [0.15, 0.2) is 10.4 Å². The van der Waals surface area contributed by atoms with Crippen molar-refractivity contribution >= 4 is 27.9 Å². The van der Waals surface area contributed by atoms with Crippen LogP contribution in [0.4, 0.5) is 4.79 Å². The number of halogens is 1. The molecule has 0 aromatic carbocycles. The van der Waals surface area contributed by atoms with Crippen LogP contribution >= 0.6 is 15.9 Å². The van der Waals surface area contributed by atoms with Crippen LogP contribution in [-0.4, -0.2) is 25.2 Å². The average Bonchev–Trinajstić information content (AvgIpc) is 2.59. The first-order chi connectivity index (χ1) is 7.09. The number of rotatable bonds is 4. The van der Waals surface area contributed by atoms with Crippen LogP contribution in [0.25, 0.3) is 0 Å². The van der Waals surface area contributed by atoms with E-state index in [1.54, 1.807) is 6.07 Å². The molecule has 0 bridgehead atoms. The Bertz CT molecular complexity index is 363. The molecule has 0 unspecified atom stereocenters. The average molecular weight is 277 g/mol. The lowest BCUT2D eigenvalue weighted by Crippen LogP contribution is -2.28. The van der Waals surface area contributed by atoms with Gasteiger partial charge in [0.25, 0.3) is 5.91 Å². The van der Waals surface area contributed by atoms with E-state index in [0.717, 1.165) is 0 Å². The van der Waals surface area contributed by atoms with E-state index in [1.807, 2.05) is 0 Å². The Morgan fingerprint density at radius 1 is 1.53 bits per heavy atom. The summed E-state index contributed by atoms with van der Waals surface area (Å²) in [7, 11) is 0. The number of carbonyl (C=O) groups is 2. The first kappa shape index (κ1) is 11.6. The van der Waals surface area contributed by atoms with Gasteiger partial charge < -0.3 is 20.2 Å². The summed E-state index contributed by atoms with van der Waals surface area (Å²) in [5.41, 5.74) is 4.73. The molecule has 0 radical (unpaired) electrons. The zero-order chi connectivity index (χ0) is 11.3. The number of nitrogens with two attached hydrogens (primary N) is 1. The lowest BCUT2D eigenvalue weighted by atomic mass is 10.4. The number of amides is 2. The second-order valence-corrected chi connectivity index (χ2v) is 3.31. The molecule has 0 saturated carbocycles. The summed E-state index contributed by atoms with van der Waals surface area (Å²) in [5, 5.41) is 2.48. The fraction of sp³-hybridized carbons (Fsp3) is 0.250. The topological polar surface area (TPSA) is 94.6 Å². The fourth-order valence-corrected chi connectivity index (χ4v) is 1.15. The maximum Gasteiger partial charge on any atom is 0.404 e. The molecule has 7 heteroatoms. The van der Waals surface area contributed by atoms with Gasteiger partial charge in [0.2, 0.25) is 0 Å². The van der Waals surface area contributed by atoms with Gasteiger partial charge in [-0.2, -0.15) is 0 Å². The van der Waals surface area contributed by atoms with Crippen molar-refractivity contribution in [1.29, 1.82) is 0 Å². The lowest BCUT2D eigenvalue weighted by molar-refractivity contribution is 0.0908. The zero-order valence-electron chi connectivity index (χ0n) is 7.66. The molecule has 1 aromatic rings. The molecule has 0 aliphatic carbocycles. The first-order valence-corrected chi connectivity index (χ1v) is 4.84. The van der Waals surface area contributed by atoms with Crippen molar-refractivity contribution in [1.82, 2.24) is 5.32 Å². The molecule has 0 atom stereocenters. The summed E-state index contributed by atoms with van der Waals surface area (Å²) in [6.45, 7) is 0.211. The van der Waals surface area contributed by atoms with Crippen LogP contribution in [0.15, 0.2) is 21.2 Å². The van der Waals surface area contributed by atoms with Gasteiger partial charge in [0, 0.05) is 0 Å². The highest BCUT2D eigenvalue weighted by Crippen LogP contribution is 2.13. The normalized spacial score (nSPS) is 9.67. The molecule has 82 valence electrons. The predicted molar refractivity (Wildman–Crippen MR) is 54.3 cm³/mol. The van der Waals surface area contributed by atoms with Crippen molar-refractivity contribution in [2.45, 2.75) is 0 Å². The van der Waals surface area contributed by atoms with Gasteiger partial charge in [0.1, 0.15) is 6.61 Å². The molecule has 1 heterocycles. The van der Waals surface area contributed by atoms with E-state index >= 15 is 0 Å². The third-order valence-corrected chi connectivity index (χ3v) is 1.86. The third kappa shape index (κ3) is 4.03. The highest BCUT2D eigenvalue weighted by atomic mass is 79.9. The van der Waals surface area contributed by atoms with Crippen molar-refractivity contribution in [3.05, 3.63) is 22.6 Å². The van der Waals surface area contributed by atoms with Crippen molar-refractivity contribution in [3.8, 4) is 0 Å². The van der Waals surface area contributed by atoms with Crippen LogP contribution in [0.3, 0.4) is 0 Å². The Morgan fingerprint density at radius 3 is 2.80 bits per heavy atom. The van der Waals surface area contributed by atoms with Crippen molar-refractivity contribution < 1.29 is 18.7 Å². The molecular weight excluding hydrogens is 268 g/mol. The van der Waals surface area contributed by atoms with E-state index in [1.165, 1.54) is 6.07 Å². The molecule has 0 aliphatic rings. The number of hydrogen-bond donors (Lipinski definition) is 2. The van der Waals surface area contributed by atoms with Crippen LogP contribution < -0.4 is 11.1 Å². The van der Waals surface area contributed by atoms with Gasteiger partial charge in [-0.15, -0.1) is 0 Å². The number of primary amides is 1. The zero-order valence-corrected chi connectivity index (χ0v) is 9.24. The maximum absolute atomic E-state index is 11.3. The molecule has 15 heavy (non-hydrogen) atoms. The van der Waals surface area contributed by atoms with E-state index in [9.17, 15) is 9.59 Å². The molecule has 1 rings (SSSR count). The molecule has 0 aliphatic heterocycles. The molecule has 0 spiro atoms. The summed E-state index contributed by atoms with van der Waals surface area (Å²) < 4.78 is 9.89. The van der Waals surface area contributed by atoms with Gasteiger partial charge in [-0.25, -0.2) is 4.79 Å². The van der Waals surface area contributed by atoms with Crippen LogP contribution in [-0.2, 0) is 4.74 Å². The van der Waals surface area contributed by atoms with Crippen molar-refractivity contribution in [2.24, 2.45) is 5.73 Å². The summed E-state index contributed by atoms with van der Waals surface area (Å²) in [6.07, 6.45) is -0.870. The molecule has 0 saturated heterocycles. The van der Waals surface area contributed by atoms with E-state index in [-0.39, 0.29) is 24.8 Å². The van der Waals surface area contributed by atoms with Gasteiger partial charge in [-0.3, -0.25) is 4.79 Å². The van der Waals surface area contributed by atoms with Gasteiger partial charge in [-0.1, -0.05) is 0 Å². The van der Waals surface area contributed by atoms with Crippen molar-refractivity contribution in [3.63, 3.8) is 0 Å². The Kier molecular flexibility index (Phi) is 4.17. The van der Waals surface area contributed by atoms with Crippen molar-refractivity contribution in [2.75, 3.05) is 13.2 Å². The maximum atomic E-state index is 11.3. The molecule has 3 N–H and O–H groups in total. The van der Waals surface area contributed by atoms with E-state index in [4.69, 9.17) is 10.2 Å². The predicted octanol–water partition coefficient (Wildman–Crippen LogP) is 0.867. The van der Waals surface area contributed by atoms with Crippen LogP contribution in [0.2, 0.25) is 0 Å². The van der Waals surface area contributed by atoms with Gasteiger partial charge in [0.05, 0.1) is 6.54 Å². The Balaban J connectivity index is 2.28. The quantitative estimate of drug-likeness (QED) is 0.798. The van der Waals surface area contributed by atoms with Crippen LogP contribution in [0.1, 0.15) is 10.6 Å². The summed E-state index contributed by atoms with van der Waals surface area (Å²) in [4.78, 5) is 21.5. The second-order valence-electron chi connectivity index (χ2n) is 2.53. The van der Waals surface area contributed by atoms with Crippen LogP contribution in [0.5, 0.6) is 0 Å². The highest BCUT2D eigenvalue weighted by molar-refractivity contribution is 9.10. The SMILES string of the molecule is NC(=O)OCCNC(=O)c1ccc(Br)o1. The first-order valence-electron chi connectivity index (χ1n) is 4.05. The van der Waals surface area contributed by atoms with Gasteiger partial charge in [-0.05, 0) is 28.1 Å². The summed E-state index contributed by atoms with van der Waals surface area (Å²) >= 11 is 3.07. The largest absolute Gasteiger partial charge is 0.448 e. The monoisotopic (exact) mass is 276 g/mol. The molecule has 0 fully saturated rings. The lowest BCUT2D eigenvalue weighted by Gasteiger charge is -2.02. The number of nitrogens with one attached hydrogen (secondary N) is 1. The molecule has 2 amide bonds. The number of hydrogen-bond acceptors (Lipinski definition) is 4. The number of carbonyl (C=O) groups excluding carboxylic acids is 2. The second kappa shape index (κ2) is 5.40. The molecule has 6 nitrogen and oxygen atoms in total. The fourth-order valence-electron chi connectivity index (χ4n) is 0.840. The number of furan rings is 1. The van der Waals surface area contributed by atoms with E-state index < -0.39 is 6.09 Å². The third-order valence-electron chi connectivity index (χ3n) is 1.43. The summed E-state index contributed by atoms with van der Waals surface area (Å²) in [5.74, 6) is -0.199. The minimum absolute atomic E-state index is 0.0307. The summed E-state index contributed by atoms with van der Waals surface area (Å²) in [6, 6.07) is 3.13. The van der Waals surface area contributed by atoms with E-state index in [0.29, 0.717) is 4.67 Å². The van der Waals surface area contributed by atoms with E-state index in [2.05, 4.69) is 26.0 Å². The Hall–Kier alpha value is -1.50. The minimum Gasteiger partial charge on any atom is -0.448 e. The number of ether oxygens (including phenoxy) is 1. The van der Waals surface area contributed by atoms with Crippen LogP contribution in [0, 0.1) is 0 Å². The Labute approximate surface area is 93.9 Å². The smallest absolute Gasteiger partial charge is 0.404 e.